The SMILES string of the molecule is CCNc1ncc(Cc2ccc(-n3cccn3)cc2)cn1. The van der Waals surface area contributed by atoms with Crippen LogP contribution in [0.4, 0.5) is 5.95 Å². The Bertz CT molecular complexity index is 672. The largest absolute Gasteiger partial charge is 0.355 e. The molecule has 1 aromatic carbocycles. The van der Waals surface area contributed by atoms with E-state index in [9.17, 15) is 0 Å². The Kier molecular flexibility index (Phi) is 3.91. The number of hydrogen-bond donors (Lipinski definition) is 1. The van der Waals surface area contributed by atoms with E-state index >= 15 is 0 Å². The van der Waals surface area contributed by atoms with Crippen LogP contribution in [0.15, 0.2) is 55.1 Å². The molecule has 0 aliphatic heterocycles. The monoisotopic (exact) mass is 279 g/mol. The van der Waals surface area contributed by atoms with Crippen LogP contribution in [-0.4, -0.2) is 26.3 Å². The van der Waals surface area contributed by atoms with Crippen molar-refractivity contribution in [3.8, 4) is 5.69 Å². The van der Waals surface area contributed by atoms with Gasteiger partial charge in [0.2, 0.25) is 5.95 Å². The highest BCUT2D eigenvalue weighted by atomic mass is 15.3. The first kappa shape index (κ1) is 13.3. The minimum atomic E-state index is 0.676. The first-order valence-corrected chi connectivity index (χ1v) is 6.99. The van der Waals surface area contributed by atoms with E-state index in [1.165, 1.54) is 5.56 Å². The first-order chi connectivity index (χ1) is 10.3. The third-order valence-electron chi connectivity index (χ3n) is 3.15. The van der Waals surface area contributed by atoms with Gasteiger partial charge < -0.3 is 5.32 Å². The van der Waals surface area contributed by atoms with E-state index in [2.05, 4.69) is 44.6 Å². The molecule has 0 amide bonds. The average molecular weight is 279 g/mol. The number of aromatic nitrogens is 4. The van der Waals surface area contributed by atoms with Crippen LogP contribution in [0.5, 0.6) is 0 Å². The average Bonchev–Trinajstić information content (AvgIpc) is 3.05. The van der Waals surface area contributed by atoms with Gasteiger partial charge in [-0.2, -0.15) is 5.10 Å². The lowest BCUT2D eigenvalue weighted by atomic mass is 10.1. The first-order valence-electron chi connectivity index (χ1n) is 6.99. The second-order valence-corrected chi connectivity index (χ2v) is 4.74. The van der Waals surface area contributed by atoms with Crippen molar-refractivity contribution < 1.29 is 0 Å². The summed E-state index contributed by atoms with van der Waals surface area (Å²) in [5.41, 5.74) is 3.39. The van der Waals surface area contributed by atoms with Gasteiger partial charge in [0.25, 0.3) is 0 Å². The van der Waals surface area contributed by atoms with Gasteiger partial charge in [0.1, 0.15) is 0 Å². The van der Waals surface area contributed by atoms with Gasteiger partial charge in [0.05, 0.1) is 5.69 Å². The zero-order valence-corrected chi connectivity index (χ0v) is 11.9. The van der Waals surface area contributed by atoms with E-state index in [-0.39, 0.29) is 0 Å². The van der Waals surface area contributed by atoms with E-state index in [1.807, 2.05) is 36.3 Å². The molecule has 0 unspecified atom stereocenters. The second-order valence-electron chi connectivity index (χ2n) is 4.74. The minimum Gasteiger partial charge on any atom is -0.355 e. The van der Waals surface area contributed by atoms with E-state index in [4.69, 9.17) is 0 Å². The van der Waals surface area contributed by atoms with Gasteiger partial charge >= 0.3 is 0 Å². The molecule has 0 aliphatic rings. The van der Waals surface area contributed by atoms with E-state index in [0.717, 1.165) is 24.2 Å². The van der Waals surface area contributed by atoms with Crippen LogP contribution < -0.4 is 5.32 Å². The number of anilines is 1. The minimum absolute atomic E-state index is 0.676. The van der Waals surface area contributed by atoms with Crippen molar-refractivity contribution in [2.75, 3.05) is 11.9 Å². The number of rotatable bonds is 5. The van der Waals surface area contributed by atoms with Crippen molar-refractivity contribution in [2.24, 2.45) is 0 Å². The quantitative estimate of drug-likeness (QED) is 0.780. The van der Waals surface area contributed by atoms with Gasteiger partial charge in [-0.15, -0.1) is 0 Å². The van der Waals surface area contributed by atoms with Crippen LogP contribution >= 0.6 is 0 Å². The second kappa shape index (κ2) is 6.17. The molecule has 0 spiro atoms. The fraction of sp³-hybridized carbons (Fsp3) is 0.188. The van der Waals surface area contributed by atoms with E-state index in [1.54, 1.807) is 6.20 Å². The Morgan fingerprint density at radius 1 is 1.05 bits per heavy atom. The zero-order chi connectivity index (χ0) is 14.5. The summed E-state index contributed by atoms with van der Waals surface area (Å²) >= 11 is 0. The predicted octanol–water partition coefficient (Wildman–Crippen LogP) is 2.68. The third-order valence-corrected chi connectivity index (χ3v) is 3.15. The molecule has 2 heterocycles. The summed E-state index contributed by atoms with van der Waals surface area (Å²) in [6, 6.07) is 10.3. The molecule has 3 rings (SSSR count). The van der Waals surface area contributed by atoms with Gasteiger partial charge in [-0.25, -0.2) is 14.6 Å². The molecule has 2 aromatic heterocycles. The molecular formula is C16H17N5. The topological polar surface area (TPSA) is 55.6 Å². The summed E-state index contributed by atoms with van der Waals surface area (Å²) in [6.07, 6.45) is 8.27. The molecular weight excluding hydrogens is 262 g/mol. The summed E-state index contributed by atoms with van der Waals surface area (Å²) in [7, 11) is 0. The normalized spacial score (nSPS) is 10.5. The predicted molar refractivity (Wildman–Crippen MR) is 82.6 cm³/mol. The Morgan fingerprint density at radius 2 is 1.81 bits per heavy atom. The van der Waals surface area contributed by atoms with Crippen molar-refractivity contribution in [1.29, 1.82) is 0 Å². The smallest absolute Gasteiger partial charge is 0.222 e. The fourth-order valence-corrected chi connectivity index (χ4v) is 2.12. The van der Waals surface area contributed by atoms with Crippen molar-refractivity contribution in [1.82, 2.24) is 19.7 Å². The molecule has 106 valence electrons. The Labute approximate surface area is 123 Å². The van der Waals surface area contributed by atoms with Crippen molar-refractivity contribution in [3.05, 3.63) is 66.2 Å². The lowest BCUT2D eigenvalue weighted by molar-refractivity contribution is 0.879. The highest BCUT2D eigenvalue weighted by molar-refractivity contribution is 5.36. The highest BCUT2D eigenvalue weighted by Gasteiger charge is 2.01. The van der Waals surface area contributed by atoms with Crippen LogP contribution in [-0.2, 0) is 6.42 Å². The van der Waals surface area contributed by atoms with Gasteiger partial charge in [0.15, 0.2) is 0 Å². The molecule has 0 bridgehead atoms. The molecule has 0 saturated carbocycles. The van der Waals surface area contributed by atoms with Crippen molar-refractivity contribution in [2.45, 2.75) is 13.3 Å². The maximum absolute atomic E-state index is 4.29. The summed E-state index contributed by atoms with van der Waals surface area (Å²) < 4.78 is 1.85. The molecule has 5 heteroatoms. The van der Waals surface area contributed by atoms with Crippen LogP contribution in [0.3, 0.4) is 0 Å². The van der Waals surface area contributed by atoms with Gasteiger partial charge in [-0.1, -0.05) is 12.1 Å². The lowest BCUT2D eigenvalue weighted by Gasteiger charge is -2.05. The van der Waals surface area contributed by atoms with Gasteiger partial charge in [-0.3, -0.25) is 0 Å². The van der Waals surface area contributed by atoms with Gasteiger partial charge in [-0.05, 0) is 36.2 Å². The maximum atomic E-state index is 4.29. The molecule has 21 heavy (non-hydrogen) atoms. The summed E-state index contributed by atoms with van der Waals surface area (Å²) in [4.78, 5) is 8.57. The van der Waals surface area contributed by atoms with Gasteiger partial charge in [0, 0.05) is 37.8 Å². The van der Waals surface area contributed by atoms with Crippen molar-refractivity contribution >= 4 is 5.95 Å². The maximum Gasteiger partial charge on any atom is 0.222 e. The van der Waals surface area contributed by atoms with Crippen LogP contribution in [0.25, 0.3) is 5.69 Å². The Hall–Kier alpha value is -2.69. The Balaban J connectivity index is 1.70. The van der Waals surface area contributed by atoms with E-state index in [0.29, 0.717) is 5.95 Å². The number of hydrogen-bond acceptors (Lipinski definition) is 4. The molecule has 5 nitrogen and oxygen atoms in total. The molecule has 3 aromatic rings. The molecule has 1 N–H and O–H groups in total. The van der Waals surface area contributed by atoms with Crippen molar-refractivity contribution in [3.63, 3.8) is 0 Å². The molecule has 0 radical (unpaired) electrons. The Morgan fingerprint density at radius 3 is 2.43 bits per heavy atom. The number of benzene rings is 1. The van der Waals surface area contributed by atoms with E-state index < -0.39 is 0 Å². The van der Waals surface area contributed by atoms with Crippen LogP contribution in [0.1, 0.15) is 18.1 Å². The summed E-state index contributed by atoms with van der Waals surface area (Å²) in [6.45, 7) is 2.85. The van der Waals surface area contributed by atoms with Crippen LogP contribution in [0, 0.1) is 0 Å². The van der Waals surface area contributed by atoms with Crippen LogP contribution in [0.2, 0.25) is 0 Å². The standard InChI is InChI=1S/C16H17N5/c1-2-17-16-18-11-14(12-19-16)10-13-4-6-15(7-5-13)21-9-3-8-20-21/h3-9,11-12H,2,10H2,1H3,(H,17,18,19). The highest BCUT2D eigenvalue weighted by Crippen LogP contribution is 2.12. The molecule has 0 saturated heterocycles. The number of nitrogens with one attached hydrogen (secondary N) is 1. The summed E-state index contributed by atoms with van der Waals surface area (Å²) in [5.74, 6) is 0.676. The third kappa shape index (κ3) is 3.25. The number of nitrogens with zero attached hydrogens (tertiary/aromatic N) is 4. The molecule has 0 fully saturated rings. The molecule has 0 aliphatic carbocycles. The molecule has 0 atom stereocenters. The fourth-order valence-electron chi connectivity index (χ4n) is 2.12. The zero-order valence-electron chi connectivity index (χ0n) is 11.9. The summed E-state index contributed by atoms with van der Waals surface area (Å²) in [5, 5.41) is 7.31. The lowest BCUT2D eigenvalue weighted by Crippen LogP contribution is -2.02.